The van der Waals surface area contributed by atoms with Crippen molar-refractivity contribution in [3.63, 3.8) is 0 Å². The number of rotatable bonds is 4. The molecule has 0 unspecified atom stereocenters. The number of carboxylic acids is 1. The molecule has 2 N–H and O–H groups in total. The molecule has 2 aromatic heterocycles. The molecule has 0 bridgehead atoms. The Hall–Kier alpha value is -2.44. The molecule has 0 saturated carbocycles. The van der Waals surface area contributed by atoms with Gasteiger partial charge in [0, 0.05) is 23.6 Å². The fourth-order valence-corrected chi connectivity index (χ4v) is 4.83. The molecule has 1 saturated heterocycles. The number of carboxylic acid groups (broad SMARTS) is 1. The number of benzene rings is 1. The number of pyridine rings is 1. The van der Waals surface area contributed by atoms with Crippen molar-refractivity contribution < 1.29 is 9.90 Å². The first-order valence-corrected chi connectivity index (χ1v) is 9.62. The van der Waals surface area contributed by atoms with Crippen molar-refractivity contribution in [2.45, 2.75) is 19.4 Å². The zero-order valence-electron chi connectivity index (χ0n) is 14.3. The Labute approximate surface area is 154 Å². The van der Waals surface area contributed by atoms with Gasteiger partial charge < -0.3 is 10.4 Å². The van der Waals surface area contributed by atoms with Crippen molar-refractivity contribution in [3.8, 4) is 11.1 Å². The number of fused-ring (bicyclic) bond motifs is 1. The second-order valence-corrected chi connectivity index (χ2v) is 7.67. The summed E-state index contributed by atoms with van der Waals surface area (Å²) in [6.45, 7) is 2.58. The minimum Gasteiger partial charge on any atom is -0.477 e. The Morgan fingerprint density at radius 2 is 1.88 bits per heavy atom. The van der Waals surface area contributed by atoms with Gasteiger partial charge in [-0.15, -0.1) is 11.3 Å². The zero-order valence-corrected chi connectivity index (χ0v) is 15.1. The Morgan fingerprint density at radius 3 is 2.58 bits per heavy atom. The van der Waals surface area contributed by atoms with Crippen LogP contribution in [0, 0.1) is 5.92 Å². The van der Waals surface area contributed by atoms with Crippen LogP contribution in [0.1, 0.15) is 22.5 Å². The third kappa shape index (κ3) is 3.06. The molecule has 0 atom stereocenters. The summed E-state index contributed by atoms with van der Waals surface area (Å²) in [6.07, 6.45) is 2.07. The summed E-state index contributed by atoms with van der Waals surface area (Å²) in [5, 5.41) is 13.9. The van der Waals surface area contributed by atoms with Crippen molar-refractivity contribution in [1.82, 2.24) is 9.88 Å². The number of hydrogen-bond acceptors (Lipinski definition) is 4. The highest BCUT2D eigenvalue weighted by molar-refractivity contribution is 7.21. The van der Waals surface area contributed by atoms with E-state index in [0.29, 0.717) is 18.0 Å². The lowest BCUT2D eigenvalue weighted by Gasteiger charge is -2.23. The molecular weight excluding hydrogens is 348 g/mol. The first kappa shape index (κ1) is 17.0. The number of aromatic nitrogens is 1. The molecule has 1 aromatic carbocycles. The molecule has 1 fully saturated rings. The smallest absolute Gasteiger partial charge is 0.346 e. The number of aromatic carboxylic acids is 1. The lowest BCUT2D eigenvalue weighted by Crippen LogP contribution is -2.32. The summed E-state index contributed by atoms with van der Waals surface area (Å²) in [4.78, 5) is 25.5. The zero-order chi connectivity index (χ0) is 18.1. The Morgan fingerprint density at radius 1 is 1.15 bits per heavy atom. The molecule has 0 spiro atoms. The van der Waals surface area contributed by atoms with Crippen molar-refractivity contribution in [2.24, 2.45) is 5.92 Å². The normalized spacial score (nSPS) is 15.4. The van der Waals surface area contributed by atoms with E-state index < -0.39 is 5.97 Å². The van der Waals surface area contributed by atoms with Gasteiger partial charge in [-0.05, 0) is 43.5 Å². The van der Waals surface area contributed by atoms with Crippen molar-refractivity contribution in [1.29, 1.82) is 0 Å². The molecule has 3 heterocycles. The summed E-state index contributed by atoms with van der Waals surface area (Å²) in [5.74, 6) is -0.513. The standard InChI is InChI=1S/C20H20N2O3S/c23-16-7-6-15-17(14-4-2-1-3-5-14)18(20(24)25)26-19(15)22(16)12-13-8-10-21-11-9-13/h1-7,13,21H,8-12H2,(H,24,25). The summed E-state index contributed by atoms with van der Waals surface area (Å²) in [5.41, 5.74) is 1.51. The molecule has 1 aliphatic rings. The molecule has 0 radical (unpaired) electrons. The molecule has 3 aromatic rings. The van der Waals surface area contributed by atoms with Crippen LogP contribution in [0.4, 0.5) is 0 Å². The van der Waals surface area contributed by atoms with Gasteiger partial charge in [-0.25, -0.2) is 4.79 Å². The first-order valence-electron chi connectivity index (χ1n) is 8.81. The number of nitrogens with zero attached hydrogens (tertiary/aromatic N) is 1. The Balaban J connectivity index is 1.90. The van der Waals surface area contributed by atoms with Crippen LogP contribution in [0.25, 0.3) is 21.3 Å². The maximum Gasteiger partial charge on any atom is 0.346 e. The monoisotopic (exact) mass is 368 g/mol. The van der Waals surface area contributed by atoms with Gasteiger partial charge in [0.2, 0.25) is 0 Å². The largest absolute Gasteiger partial charge is 0.477 e. The predicted molar refractivity (Wildman–Crippen MR) is 104 cm³/mol. The minimum atomic E-state index is -0.953. The average Bonchev–Trinajstić information content (AvgIpc) is 3.06. The van der Waals surface area contributed by atoms with Gasteiger partial charge in [-0.2, -0.15) is 0 Å². The highest BCUT2D eigenvalue weighted by Crippen LogP contribution is 2.38. The van der Waals surface area contributed by atoms with Gasteiger partial charge in [-0.1, -0.05) is 30.3 Å². The minimum absolute atomic E-state index is 0.0613. The second-order valence-electron chi connectivity index (χ2n) is 6.67. The van der Waals surface area contributed by atoms with Crippen molar-refractivity contribution >= 4 is 27.5 Å². The summed E-state index contributed by atoms with van der Waals surface area (Å²) >= 11 is 1.20. The van der Waals surface area contributed by atoms with Gasteiger partial charge in [0.1, 0.15) is 9.71 Å². The lowest BCUT2D eigenvalue weighted by molar-refractivity contribution is 0.0703. The highest BCUT2D eigenvalue weighted by atomic mass is 32.1. The molecule has 4 rings (SSSR count). The third-order valence-electron chi connectivity index (χ3n) is 4.99. The predicted octanol–water partition coefficient (Wildman–Crippen LogP) is 3.43. The quantitative estimate of drug-likeness (QED) is 0.740. The summed E-state index contributed by atoms with van der Waals surface area (Å²) in [7, 11) is 0. The topological polar surface area (TPSA) is 71.3 Å². The summed E-state index contributed by atoms with van der Waals surface area (Å²) in [6, 6.07) is 12.9. The van der Waals surface area contributed by atoms with E-state index in [9.17, 15) is 14.7 Å². The van der Waals surface area contributed by atoms with Crippen LogP contribution >= 0.6 is 11.3 Å². The maximum absolute atomic E-state index is 12.5. The average molecular weight is 368 g/mol. The van der Waals surface area contributed by atoms with Crippen molar-refractivity contribution in [3.05, 3.63) is 57.7 Å². The molecule has 6 heteroatoms. The van der Waals surface area contributed by atoms with E-state index in [1.54, 1.807) is 16.7 Å². The number of carbonyl (C=O) groups is 1. The lowest BCUT2D eigenvalue weighted by atomic mass is 9.98. The van der Waals surface area contributed by atoms with Crippen LogP contribution in [0.5, 0.6) is 0 Å². The van der Waals surface area contributed by atoms with E-state index in [1.807, 2.05) is 30.3 Å². The van der Waals surface area contributed by atoms with E-state index in [-0.39, 0.29) is 10.4 Å². The first-order chi connectivity index (χ1) is 12.6. The van der Waals surface area contributed by atoms with E-state index in [0.717, 1.165) is 41.7 Å². The second kappa shape index (κ2) is 7.05. The number of piperidine rings is 1. The van der Waals surface area contributed by atoms with E-state index in [4.69, 9.17) is 0 Å². The van der Waals surface area contributed by atoms with Gasteiger partial charge >= 0.3 is 5.97 Å². The van der Waals surface area contributed by atoms with E-state index in [2.05, 4.69) is 5.32 Å². The van der Waals surface area contributed by atoms with Gasteiger partial charge in [0.15, 0.2) is 0 Å². The van der Waals surface area contributed by atoms with Gasteiger partial charge in [0.25, 0.3) is 5.56 Å². The van der Waals surface area contributed by atoms with Crippen LogP contribution < -0.4 is 10.9 Å². The number of thiophene rings is 1. The molecule has 0 amide bonds. The fraction of sp³-hybridized carbons (Fsp3) is 0.300. The van der Waals surface area contributed by atoms with Gasteiger partial charge in [0.05, 0.1) is 0 Å². The summed E-state index contributed by atoms with van der Waals surface area (Å²) < 4.78 is 1.77. The van der Waals surface area contributed by atoms with Crippen molar-refractivity contribution in [2.75, 3.05) is 13.1 Å². The van der Waals surface area contributed by atoms with Crippen LogP contribution in [-0.4, -0.2) is 28.7 Å². The van der Waals surface area contributed by atoms with E-state index in [1.165, 1.54) is 11.3 Å². The molecule has 1 aliphatic heterocycles. The molecule has 5 nitrogen and oxygen atoms in total. The Bertz CT molecular complexity index is 1000. The molecule has 0 aliphatic carbocycles. The van der Waals surface area contributed by atoms with Gasteiger partial charge in [-0.3, -0.25) is 9.36 Å². The number of hydrogen-bond donors (Lipinski definition) is 2. The van der Waals surface area contributed by atoms with Crippen LogP contribution in [0.3, 0.4) is 0 Å². The molecular formula is C20H20N2O3S. The highest BCUT2D eigenvalue weighted by Gasteiger charge is 2.23. The van der Waals surface area contributed by atoms with Crippen LogP contribution in [0.15, 0.2) is 47.3 Å². The molecule has 134 valence electrons. The SMILES string of the molecule is O=C(O)c1sc2c(ccc(=O)n2CC2CCNCC2)c1-c1ccccc1. The third-order valence-corrected chi connectivity index (χ3v) is 6.20. The van der Waals surface area contributed by atoms with E-state index >= 15 is 0 Å². The maximum atomic E-state index is 12.5. The van der Waals surface area contributed by atoms with Crippen LogP contribution in [-0.2, 0) is 6.54 Å². The molecule has 26 heavy (non-hydrogen) atoms. The fourth-order valence-electron chi connectivity index (χ4n) is 3.67. The number of nitrogens with one attached hydrogen (secondary N) is 1. The Kier molecular flexibility index (Phi) is 4.61. The van der Waals surface area contributed by atoms with Crippen LogP contribution in [0.2, 0.25) is 0 Å².